The fraction of sp³-hybridized carbons (Fsp3) is 0.385. The van der Waals surface area contributed by atoms with Crippen LogP contribution in [0.1, 0.15) is 17.3 Å². The van der Waals surface area contributed by atoms with Gasteiger partial charge in [-0.25, -0.2) is 9.18 Å². The van der Waals surface area contributed by atoms with Crippen LogP contribution in [0.25, 0.3) is 0 Å². The van der Waals surface area contributed by atoms with E-state index in [9.17, 15) is 14.0 Å². The summed E-state index contributed by atoms with van der Waals surface area (Å²) in [5.41, 5.74) is -0.188. The van der Waals surface area contributed by atoms with Crippen LogP contribution in [0.15, 0.2) is 18.2 Å². The predicted octanol–water partition coefficient (Wildman–Crippen LogP) is 1.75. The number of aliphatic carboxylic acids is 1. The Balaban J connectivity index is 1.98. The van der Waals surface area contributed by atoms with Crippen LogP contribution in [0.2, 0.25) is 0 Å². The molecule has 0 bridgehead atoms. The van der Waals surface area contributed by atoms with Crippen LogP contribution in [-0.2, 0) is 9.53 Å². The summed E-state index contributed by atoms with van der Waals surface area (Å²) in [4.78, 5) is 24.2. The molecule has 0 saturated carbocycles. The lowest BCUT2D eigenvalue weighted by Gasteiger charge is -2.47. The number of carboxylic acids is 1. The van der Waals surface area contributed by atoms with Crippen LogP contribution in [-0.4, -0.2) is 47.2 Å². The Morgan fingerprint density at radius 3 is 2.70 bits per heavy atom. The first kappa shape index (κ1) is 15.2. The molecular formula is C13H13FINO4. The molecule has 1 aromatic carbocycles. The second-order valence-electron chi connectivity index (χ2n) is 4.92. The van der Waals surface area contributed by atoms with Crippen LogP contribution >= 0.6 is 22.6 Å². The molecule has 1 aromatic rings. The van der Waals surface area contributed by atoms with Crippen molar-refractivity contribution in [3.05, 3.63) is 33.1 Å². The number of halogens is 2. The van der Waals surface area contributed by atoms with Crippen LogP contribution in [0.5, 0.6) is 0 Å². The van der Waals surface area contributed by atoms with E-state index in [0.29, 0.717) is 22.2 Å². The third kappa shape index (κ3) is 3.26. The Morgan fingerprint density at radius 1 is 1.50 bits per heavy atom. The highest BCUT2D eigenvalue weighted by Crippen LogP contribution is 2.27. The van der Waals surface area contributed by atoms with Gasteiger partial charge in [0.15, 0.2) is 0 Å². The average molecular weight is 393 g/mol. The first-order valence-corrected chi connectivity index (χ1v) is 6.99. The topological polar surface area (TPSA) is 66.8 Å². The molecule has 1 saturated heterocycles. The minimum absolute atomic E-state index is 0.203. The molecule has 1 amide bonds. The van der Waals surface area contributed by atoms with Crippen molar-refractivity contribution in [1.29, 1.82) is 0 Å². The maximum atomic E-state index is 13.0. The van der Waals surface area contributed by atoms with E-state index in [-0.39, 0.29) is 18.3 Å². The summed E-state index contributed by atoms with van der Waals surface area (Å²) in [7, 11) is 0. The average Bonchev–Trinajstić information content (AvgIpc) is 2.32. The summed E-state index contributed by atoms with van der Waals surface area (Å²) in [6.45, 7) is 2.03. The highest BCUT2D eigenvalue weighted by atomic mass is 127. The van der Waals surface area contributed by atoms with Crippen molar-refractivity contribution in [2.75, 3.05) is 19.7 Å². The monoisotopic (exact) mass is 393 g/mol. The molecule has 1 fully saturated rings. The first-order valence-electron chi connectivity index (χ1n) is 5.91. The summed E-state index contributed by atoms with van der Waals surface area (Å²) >= 11 is 1.91. The summed E-state index contributed by atoms with van der Waals surface area (Å²) in [6.07, 6.45) is 0. The van der Waals surface area contributed by atoms with E-state index < -0.39 is 11.6 Å². The van der Waals surface area contributed by atoms with Gasteiger partial charge in [0.25, 0.3) is 5.91 Å². The second kappa shape index (κ2) is 5.65. The van der Waals surface area contributed by atoms with Gasteiger partial charge in [-0.05, 0) is 47.7 Å². The van der Waals surface area contributed by atoms with Crippen molar-refractivity contribution in [3.63, 3.8) is 0 Å². The quantitative estimate of drug-likeness (QED) is 0.792. The minimum atomic E-state index is -1.04. The molecule has 0 atom stereocenters. The molecule has 0 aliphatic carbocycles. The zero-order chi connectivity index (χ0) is 14.9. The Bertz CT molecular complexity index is 557. The number of carbonyl (C=O) groups excluding carboxylic acids is 1. The highest BCUT2D eigenvalue weighted by Gasteiger charge is 2.43. The molecule has 2 rings (SSSR count). The largest absolute Gasteiger partial charge is 0.480 e. The molecule has 0 spiro atoms. The molecule has 0 unspecified atom stereocenters. The molecule has 108 valence electrons. The maximum absolute atomic E-state index is 13.0. The van der Waals surface area contributed by atoms with Crippen molar-refractivity contribution in [2.24, 2.45) is 0 Å². The lowest BCUT2D eigenvalue weighted by Crippen LogP contribution is -2.63. The molecule has 1 aliphatic rings. The van der Waals surface area contributed by atoms with Gasteiger partial charge in [0.2, 0.25) is 0 Å². The molecule has 0 radical (unpaired) electrons. The van der Waals surface area contributed by atoms with E-state index in [0.717, 1.165) is 0 Å². The van der Waals surface area contributed by atoms with Gasteiger partial charge < -0.3 is 14.7 Å². The Hall–Kier alpha value is -1.22. The lowest BCUT2D eigenvalue weighted by molar-refractivity contribution is -0.159. The summed E-state index contributed by atoms with van der Waals surface area (Å²) < 4.78 is 18.8. The number of amides is 1. The number of ether oxygens (including phenoxy) is 1. The van der Waals surface area contributed by atoms with E-state index in [1.165, 1.54) is 18.2 Å². The molecule has 20 heavy (non-hydrogen) atoms. The van der Waals surface area contributed by atoms with Gasteiger partial charge >= 0.3 is 5.97 Å². The Labute approximate surface area is 128 Å². The second-order valence-corrected chi connectivity index (χ2v) is 6.08. The van der Waals surface area contributed by atoms with Crippen molar-refractivity contribution >= 4 is 34.5 Å². The SMILES string of the molecule is CC1(OCC(=O)O)CN(C(=O)c2ccc(F)cc2I)C1. The van der Waals surface area contributed by atoms with Gasteiger partial charge in [-0.15, -0.1) is 0 Å². The number of likely N-dealkylation sites (tertiary alicyclic amines) is 1. The number of nitrogens with zero attached hydrogens (tertiary/aromatic N) is 1. The Kier molecular flexibility index (Phi) is 4.28. The van der Waals surface area contributed by atoms with Gasteiger partial charge in [-0.1, -0.05) is 0 Å². The molecule has 7 heteroatoms. The number of hydrogen-bond donors (Lipinski definition) is 1. The van der Waals surface area contributed by atoms with E-state index in [2.05, 4.69) is 0 Å². The lowest BCUT2D eigenvalue weighted by atomic mass is 9.95. The zero-order valence-electron chi connectivity index (χ0n) is 10.7. The normalized spacial score (nSPS) is 16.6. The number of hydrogen-bond acceptors (Lipinski definition) is 3. The maximum Gasteiger partial charge on any atom is 0.329 e. The third-order valence-corrected chi connectivity index (χ3v) is 3.94. The van der Waals surface area contributed by atoms with E-state index >= 15 is 0 Å². The van der Waals surface area contributed by atoms with E-state index in [4.69, 9.17) is 9.84 Å². The molecule has 1 aliphatic heterocycles. The van der Waals surface area contributed by atoms with E-state index in [1.54, 1.807) is 11.8 Å². The standard InChI is InChI=1S/C13H13FINO4/c1-13(20-5-11(17)18)6-16(7-13)12(19)9-3-2-8(14)4-10(9)15/h2-4H,5-7H2,1H3,(H,17,18). The third-order valence-electron chi connectivity index (χ3n) is 3.04. The fourth-order valence-corrected chi connectivity index (χ4v) is 2.77. The van der Waals surface area contributed by atoms with Gasteiger partial charge in [0, 0.05) is 3.57 Å². The summed E-state index contributed by atoms with van der Waals surface area (Å²) in [5.74, 6) is -1.63. The van der Waals surface area contributed by atoms with Crippen LogP contribution in [0.3, 0.4) is 0 Å². The zero-order valence-corrected chi connectivity index (χ0v) is 12.9. The highest BCUT2D eigenvalue weighted by molar-refractivity contribution is 14.1. The van der Waals surface area contributed by atoms with Gasteiger partial charge in [-0.2, -0.15) is 0 Å². The number of carboxylic acid groups (broad SMARTS) is 1. The summed E-state index contributed by atoms with van der Waals surface area (Å²) in [6, 6.07) is 4.00. The van der Waals surface area contributed by atoms with E-state index in [1.807, 2.05) is 22.6 Å². The van der Waals surface area contributed by atoms with Crippen molar-refractivity contribution in [2.45, 2.75) is 12.5 Å². The predicted molar refractivity (Wildman–Crippen MR) is 77.0 cm³/mol. The Morgan fingerprint density at radius 2 is 2.15 bits per heavy atom. The molecule has 1 heterocycles. The van der Waals surface area contributed by atoms with Gasteiger partial charge in [0.1, 0.15) is 18.0 Å². The smallest absolute Gasteiger partial charge is 0.329 e. The van der Waals surface area contributed by atoms with Gasteiger partial charge in [0.05, 0.1) is 18.7 Å². The van der Waals surface area contributed by atoms with Crippen molar-refractivity contribution in [3.8, 4) is 0 Å². The molecule has 0 aromatic heterocycles. The van der Waals surface area contributed by atoms with Crippen LogP contribution < -0.4 is 0 Å². The molecule has 1 N–H and O–H groups in total. The van der Waals surface area contributed by atoms with Crippen LogP contribution in [0.4, 0.5) is 4.39 Å². The number of rotatable bonds is 4. The van der Waals surface area contributed by atoms with Gasteiger partial charge in [-0.3, -0.25) is 4.79 Å². The number of carbonyl (C=O) groups is 2. The number of benzene rings is 1. The minimum Gasteiger partial charge on any atom is -0.480 e. The fourth-order valence-electron chi connectivity index (χ4n) is 2.07. The van der Waals surface area contributed by atoms with Crippen molar-refractivity contribution < 1.29 is 23.8 Å². The molecule has 5 nitrogen and oxygen atoms in total. The van der Waals surface area contributed by atoms with Crippen LogP contribution in [0, 0.1) is 9.39 Å². The summed E-state index contributed by atoms with van der Waals surface area (Å²) in [5, 5.41) is 8.57. The first-order chi connectivity index (χ1) is 9.31. The molecular weight excluding hydrogens is 380 g/mol. The van der Waals surface area contributed by atoms with Crippen molar-refractivity contribution in [1.82, 2.24) is 4.90 Å².